The molecule has 0 unspecified atom stereocenters. The highest BCUT2D eigenvalue weighted by molar-refractivity contribution is 5.84. The molecule has 1 aliphatic heterocycles. The van der Waals surface area contributed by atoms with Gasteiger partial charge in [0.2, 0.25) is 5.91 Å². The van der Waals surface area contributed by atoms with Crippen LogP contribution in [0.3, 0.4) is 0 Å². The van der Waals surface area contributed by atoms with E-state index in [0.717, 1.165) is 0 Å². The third-order valence-corrected chi connectivity index (χ3v) is 3.02. The fraction of sp³-hybridized carbons (Fsp3) is 0.636. The molecule has 1 aromatic heterocycles. The van der Waals surface area contributed by atoms with Crippen LogP contribution in [0, 0.1) is 0 Å². The van der Waals surface area contributed by atoms with Crippen LogP contribution in [0.4, 0.5) is 8.78 Å². The Bertz CT molecular complexity index is 516. The van der Waals surface area contributed by atoms with Crippen molar-refractivity contribution in [3.63, 3.8) is 0 Å². The molecule has 1 aliphatic rings. The van der Waals surface area contributed by atoms with Crippen LogP contribution >= 0.6 is 0 Å². The Balaban J connectivity index is 1.70. The molecule has 0 aromatic carbocycles. The first-order valence-corrected chi connectivity index (χ1v) is 6.26. The van der Waals surface area contributed by atoms with Crippen molar-refractivity contribution >= 4 is 11.9 Å². The lowest BCUT2D eigenvalue weighted by Crippen LogP contribution is -2.51. The number of halogens is 2. The molecule has 8 nitrogen and oxygen atoms in total. The fourth-order valence-corrected chi connectivity index (χ4v) is 1.87. The van der Waals surface area contributed by atoms with Gasteiger partial charge in [-0.2, -0.15) is 0 Å². The summed E-state index contributed by atoms with van der Waals surface area (Å²) >= 11 is 0. The molecule has 1 amide bonds. The predicted octanol–water partition coefficient (Wildman–Crippen LogP) is 0.0314. The van der Waals surface area contributed by atoms with Crippen LogP contribution in [0.2, 0.25) is 0 Å². The number of likely N-dealkylation sites (tertiary alicyclic amines) is 1. The summed E-state index contributed by atoms with van der Waals surface area (Å²) in [5, 5.41) is 15.9. The average molecular weight is 304 g/mol. The number of carbonyl (C=O) groups is 2. The minimum atomic E-state index is -2.54. The maximum absolute atomic E-state index is 11.8. The number of carbonyl (C=O) groups excluding carboxylic acids is 1. The summed E-state index contributed by atoms with van der Waals surface area (Å²) in [6.45, 7) is 0.0514. The van der Waals surface area contributed by atoms with Crippen molar-refractivity contribution in [3.05, 3.63) is 11.9 Å². The van der Waals surface area contributed by atoms with Gasteiger partial charge in [-0.05, 0) is 0 Å². The monoisotopic (exact) mass is 304 g/mol. The van der Waals surface area contributed by atoms with Crippen molar-refractivity contribution in [1.29, 1.82) is 0 Å². The van der Waals surface area contributed by atoms with Crippen LogP contribution in [-0.2, 0) is 9.53 Å². The van der Waals surface area contributed by atoms with Crippen molar-refractivity contribution in [2.24, 2.45) is 0 Å². The number of alkyl halides is 2. The Kier molecular flexibility index (Phi) is 4.78. The van der Waals surface area contributed by atoms with Crippen molar-refractivity contribution in [2.45, 2.75) is 18.9 Å². The summed E-state index contributed by atoms with van der Waals surface area (Å²) in [5.41, 5.74) is -0.153. The van der Waals surface area contributed by atoms with Gasteiger partial charge in [-0.25, -0.2) is 18.3 Å². The zero-order valence-corrected chi connectivity index (χ0v) is 11.0. The molecule has 10 heteroatoms. The molecule has 0 aliphatic carbocycles. The van der Waals surface area contributed by atoms with E-state index < -0.39 is 19.0 Å². The lowest BCUT2D eigenvalue weighted by Gasteiger charge is -2.38. The molecule has 116 valence electrons. The number of hydrogen-bond donors (Lipinski definition) is 1. The number of ether oxygens (including phenoxy) is 1. The zero-order valence-electron chi connectivity index (χ0n) is 11.0. The van der Waals surface area contributed by atoms with Gasteiger partial charge in [0, 0.05) is 13.1 Å². The van der Waals surface area contributed by atoms with E-state index in [9.17, 15) is 18.4 Å². The van der Waals surface area contributed by atoms with Crippen molar-refractivity contribution in [1.82, 2.24) is 19.9 Å². The van der Waals surface area contributed by atoms with Crippen LogP contribution in [0.25, 0.3) is 0 Å². The Hall–Kier alpha value is -2.10. The molecule has 0 atom stereocenters. The molecule has 21 heavy (non-hydrogen) atoms. The van der Waals surface area contributed by atoms with Gasteiger partial charge in [0.05, 0.1) is 25.3 Å². The van der Waals surface area contributed by atoms with E-state index in [1.54, 1.807) is 0 Å². The third kappa shape index (κ3) is 3.94. The number of carboxylic acid groups (broad SMARTS) is 1. The van der Waals surface area contributed by atoms with Gasteiger partial charge in [0.25, 0.3) is 6.43 Å². The van der Waals surface area contributed by atoms with Crippen LogP contribution in [-0.4, -0.2) is 69.6 Å². The minimum absolute atomic E-state index is 0.0389. The van der Waals surface area contributed by atoms with Crippen molar-refractivity contribution in [3.8, 4) is 0 Å². The SMILES string of the molecule is O=C(O)c1cn(C2CN(C(=O)CCOCC(F)F)C2)nn1. The molecular formula is C11H14F2N4O4. The summed E-state index contributed by atoms with van der Waals surface area (Å²) in [7, 11) is 0. The summed E-state index contributed by atoms with van der Waals surface area (Å²) in [5.74, 6) is -1.36. The largest absolute Gasteiger partial charge is 0.476 e. The zero-order chi connectivity index (χ0) is 15.4. The molecule has 1 N–H and O–H groups in total. The number of nitrogens with zero attached hydrogens (tertiary/aromatic N) is 4. The molecule has 2 heterocycles. The van der Waals surface area contributed by atoms with Gasteiger partial charge in [-0.15, -0.1) is 5.10 Å². The summed E-state index contributed by atoms with van der Waals surface area (Å²) in [6, 6.07) is -0.114. The number of carboxylic acids is 1. The molecule has 1 saturated heterocycles. The van der Waals surface area contributed by atoms with E-state index in [0.29, 0.717) is 13.1 Å². The van der Waals surface area contributed by atoms with Gasteiger partial charge < -0.3 is 14.7 Å². The highest BCUT2D eigenvalue weighted by Gasteiger charge is 2.32. The highest BCUT2D eigenvalue weighted by atomic mass is 19.3. The van der Waals surface area contributed by atoms with Crippen molar-refractivity contribution in [2.75, 3.05) is 26.3 Å². The van der Waals surface area contributed by atoms with Gasteiger partial charge >= 0.3 is 5.97 Å². The molecule has 0 saturated carbocycles. The van der Waals surface area contributed by atoms with Gasteiger partial charge in [0.1, 0.15) is 6.61 Å². The molecule has 0 radical (unpaired) electrons. The average Bonchev–Trinajstić information content (AvgIpc) is 2.82. The second-order valence-electron chi connectivity index (χ2n) is 4.56. The lowest BCUT2D eigenvalue weighted by atomic mass is 10.1. The van der Waals surface area contributed by atoms with E-state index in [2.05, 4.69) is 15.0 Å². The first-order valence-electron chi connectivity index (χ1n) is 6.26. The summed E-state index contributed by atoms with van der Waals surface area (Å²) < 4.78 is 29.7. The minimum Gasteiger partial charge on any atom is -0.476 e. The molecular weight excluding hydrogens is 290 g/mol. The Morgan fingerprint density at radius 3 is 2.76 bits per heavy atom. The van der Waals surface area contributed by atoms with Crippen LogP contribution < -0.4 is 0 Å². The maximum atomic E-state index is 11.8. The molecule has 0 spiro atoms. The molecule has 1 fully saturated rings. The first kappa shape index (κ1) is 15.3. The number of amides is 1. The first-order chi connectivity index (χ1) is 9.97. The van der Waals surface area contributed by atoms with Gasteiger partial charge in [0.15, 0.2) is 5.69 Å². The van der Waals surface area contributed by atoms with Crippen LogP contribution in [0.1, 0.15) is 23.0 Å². The second-order valence-corrected chi connectivity index (χ2v) is 4.56. The second kappa shape index (κ2) is 6.57. The third-order valence-electron chi connectivity index (χ3n) is 3.02. The van der Waals surface area contributed by atoms with E-state index in [-0.39, 0.29) is 30.7 Å². The summed E-state index contributed by atoms with van der Waals surface area (Å²) in [4.78, 5) is 23.9. The Morgan fingerprint density at radius 1 is 1.48 bits per heavy atom. The number of hydrogen-bond acceptors (Lipinski definition) is 5. The highest BCUT2D eigenvalue weighted by Crippen LogP contribution is 2.21. The normalized spacial score (nSPS) is 15.3. The molecule has 0 bridgehead atoms. The van der Waals surface area contributed by atoms with E-state index in [4.69, 9.17) is 5.11 Å². The lowest BCUT2D eigenvalue weighted by molar-refractivity contribution is -0.138. The topological polar surface area (TPSA) is 97.5 Å². The molecule has 1 aromatic rings. The molecule has 2 rings (SSSR count). The van der Waals surface area contributed by atoms with E-state index >= 15 is 0 Å². The Labute approximate surface area is 118 Å². The van der Waals surface area contributed by atoms with Gasteiger partial charge in [-0.3, -0.25) is 4.79 Å². The maximum Gasteiger partial charge on any atom is 0.358 e. The van der Waals surface area contributed by atoms with Crippen molar-refractivity contribution < 1.29 is 28.2 Å². The Morgan fingerprint density at radius 2 is 2.19 bits per heavy atom. The quantitative estimate of drug-likeness (QED) is 0.714. The predicted molar refractivity (Wildman–Crippen MR) is 64.0 cm³/mol. The van der Waals surface area contributed by atoms with Crippen LogP contribution in [0.5, 0.6) is 0 Å². The smallest absolute Gasteiger partial charge is 0.358 e. The number of aromatic carboxylic acids is 1. The standard InChI is InChI=1S/C11H14F2N4O4/c12-9(13)6-21-2-1-10(18)16-3-7(4-16)17-5-8(11(19)20)14-15-17/h5,7,9H,1-4,6H2,(H,19,20). The van der Waals surface area contributed by atoms with Gasteiger partial charge in [-0.1, -0.05) is 5.21 Å². The number of aromatic nitrogens is 3. The van der Waals surface area contributed by atoms with E-state index in [1.807, 2.05) is 0 Å². The fourth-order valence-electron chi connectivity index (χ4n) is 1.87. The number of rotatable bonds is 7. The van der Waals surface area contributed by atoms with E-state index in [1.165, 1.54) is 15.8 Å². The van der Waals surface area contributed by atoms with Crippen LogP contribution in [0.15, 0.2) is 6.20 Å². The summed E-state index contributed by atoms with van der Waals surface area (Å²) in [6.07, 6.45) is -1.19.